The van der Waals surface area contributed by atoms with Gasteiger partial charge in [0, 0.05) is 62.3 Å². The number of benzene rings is 7. The topological polar surface area (TPSA) is 22.9 Å². The SMILES string of the molecule is CC(C)(C)c1ccc(N(C2=CC3C4B(c5cc(C(C)(C)C)ccc5N(c5ccc(C(C)(C)C)cc5)C4=C2)c2cc(C(C)(C)C)ccc2N3c2ccc(C(C)(C)C)cc2)c2ccc(-c3cc4ccccc4o3)cc2)cc1. The highest BCUT2D eigenvalue weighted by Gasteiger charge is 2.53. The Balaban J connectivity index is 1.20. The van der Waals surface area contributed by atoms with Crippen molar-refractivity contribution in [2.45, 2.75) is 143 Å². The van der Waals surface area contributed by atoms with E-state index in [1.54, 1.807) is 0 Å². The van der Waals surface area contributed by atoms with Gasteiger partial charge in [0.15, 0.2) is 0 Å². The molecule has 1 aromatic heterocycles. The van der Waals surface area contributed by atoms with E-state index >= 15 is 0 Å². The largest absolute Gasteiger partial charge is 0.456 e. The second-order valence-corrected chi connectivity index (χ2v) is 26.8. The number of hydrogen-bond acceptors (Lipinski definition) is 4. The van der Waals surface area contributed by atoms with E-state index in [9.17, 15) is 0 Å². The molecule has 0 spiro atoms. The first-order valence-corrected chi connectivity index (χ1v) is 27.4. The van der Waals surface area contributed by atoms with Gasteiger partial charge in [0.1, 0.15) is 11.3 Å². The number of hydrogen-bond donors (Lipinski definition) is 0. The third-order valence-electron chi connectivity index (χ3n) is 16.3. The summed E-state index contributed by atoms with van der Waals surface area (Å²) in [5.74, 6) is 0.910. The van der Waals surface area contributed by atoms with Gasteiger partial charge in [-0.1, -0.05) is 183 Å². The van der Waals surface area contributed by atoms with Crippen LogP contribution in [0.3, 0.4) is 0 Å². The van der Waals surface area contributed by atoms with E-state index in [0.29, 0.717) is 0 Å². The van der Waals surface area contributed by atoms with E-state index < -0.39 is 0 Å². The van der Waals surface area contributed by atoms with Crippen LogP contribution in [0.1, 0.15) is 132 Å². The summed E-state index contributed by atoms with van der Waals surface area (Å²) >= 11 is 0. The van der Waals surface area contributed by atoms with Crippen LogP contribution in [-0.4, -0.2) is 12.8 Å². The van der Waals surface area contributed by atoms with Crippen LogP contribution in [0.25, 0.3) is 22.3 Å². The Bertz CT molecular complexity index is 3470. The van der Waals surface area contributed by atoms with E-state index in [0.717, 1.165) is 39.4 Å². The molecule has 380 valence electrons. The predicted molar refractivity (Wildman–Crippen MR) is 323 cm³/mol. The summed E-state index contributed by atoms with van der Waals surface area (Å²) in [6, 6.07) is 62.3. The average Bonchev–Trinajstić information content (AvgIpc) is 3.80. The van der Waals surface area contributed by atoms with Crippen LogP contribution >= 0.6 is 0 Å². The molecule has 0 fully saturated rings. The molecule has 0 saturated carbocycles. The summed E-state index contributed by atoms with van der Waals surface area (Å²) < 4.78 is 6.43. The lowest BCUT2D eigenvalue weighted by molar-refractivity contribution is 0.590. The molecule has 3 heterocycles. The number of para-hydroxylation sites is 1. The fourth-order valence-electron chi connectivity index (χ4n) is 11.8. The summed E-state index contributed by atoms with van der Waals surface area (Å²) in [5, 5.41) is 1.10. The number of anilines is 6. The van der Waals surface area contributed by atoms with Crippen molar-refractivity contribution in [3.63, 3.8) is 0 Å². The molecule has 4 nitrogen and oxygen atoms in total. The maximum absolute atomic E-state index is 6.43. The molecule has 75 heavy (non-hydrogen) atoms. The normalized spacial score (nSPS) is 16.8. The highest BCUT2D eigenvalue weighted by Crippen LogP contribution is 2.53. The van der Waals surface area contributed by atoms with Gasteiger partial charge in [-0.3, -0.25) is 0 Å². The molecule has 2 atom stereocenters. The van der Waals surface area contributed by atoms with Crippen molar-refractivity contribution in [1.29, 1.82) is 0 Å². The lowest BCUT2D eigenvalue weighted by atomic mass is 9.28. The van der Waals surface area contributed by atoms with E-state index in [1.807, 2.05) is 12.1 Å². The van der Waals surface area contributed by atoms with Crippen molar-refractivity contribution in [2.24, 2.45) is 0 Å². The van der Waals surface area contributed by atoms with Crippen molar-refractivity contribution in [2.75, 3.05) is 14.7 Å². The fraction of sp³-hybridized carbons (Fsp3) is 0.314. The molecule has 2 unspecified atom stereocenters. The maximum Gasteiger partial charge on any atom is 0.226 e. The molecular weight excluding hydrogens is 910 g/mol. The fourth-order valence-corrected chi connectivity index (χ4v) is 11.8. The molecule has 7 aromatic carbocycles. The maximum atomic E-state index is 6.43. The molecule has 0 amide bonds. The van der Waals surface area contributed by atoms with E-state index in [4.69, 9.17) is 4.42 Å². The minimum absolute atomic E-state index is 0.00265. The third kappa shape index (κ3) is 9.15. The Morgan fingerprint density at radius 1 is 0.453 bits per heavy atom. The summed E-state index contributed by atoms with van der Waals surface area (Å²) in [4.78, 5) is 7.80. The number of fused-ring (bicyclic) bond motifs is 5. The second-order valence-electron chi connectivity index (χ2n) is 26.8. The summed E-state index contributed by atoms with van der Waals surface area (Å²) in [6.45, 7) is 34.9. The first-order chi connectivity index (χ1) is 35.3. The highest BCUT2D eigenvalue weighted by molar-refractivity contribution is 6.90. The summed E-state index contributed by atoms with van der Waals surface area (Å²) in [7, 11) is 0. The molecular formula is C70H76BN3O. The van der Waals surface area contributed by atoms with E-state index in [2.05, 4.69) is 282 Å². The van der Waals surface area contributed by atoms with Crippen LogP contribution in [-0.2, 0) is 27.1 Å². The number of furan rings is 1. The standard InChI is InChI=1S/C70H76BN3O/c1-66(2,3)47-22-32-53(33-23-47)72(52-30-20-45(21-31-52)64-40-46-18-16-17-19-63(46)75-64)56-43-61-65-62(44-56)74(55-36-26-49(27-37-55)68(7,8)9)60-39-29-51(70(13,14)15)42-58(60)71(65)57-41-50(69(10,11)12)28-38-59(57)73(61)54-34-24-48(25-35-54)67(4,5)6/h16-44,61,65H,1-15H3. The van der Waals surface area contributed by atoms with Gasteiger partial charge in [-0.15, -0.1) is 0 Å². The Hall–Kier alpha value is -6.98. The minimum Gasteiger partial charge on any atom is -0.456 e. The predicted octanol–water partition coefficient (Wildman–Crippen LogP) is 17.9. The molecule has 2 aliphatic heterocycles. The zero-order valence-corrected chi connectivity index (χ0v) is 47.2. The van der Waals surface area contributed by atoms with Crippen molar-refractivity contribution < 1.29 is 4.42 Å². The Labute approximate surface area is 448 Å². The van der Waals surface area contributed by atoms with Crippen LogP contribution < -0.4 is 25.6 Å². The Kier molecular flexibility index (Phi) is 11.9. The molecule has 0 radical (unpaired) electrons. The van der Waals surface area contributed by atoms with E-state index in [-0.39, 0.29) is 45.6 Å². The number of allylic oxidation sites excluding steroid dienone is 1. The van der Waals surface area contributed by atoms with Crippen LogP contribution in [0.2, 0.25) is 5.82 Å². The quantitative estimate of drug-likeness (QED) is 0.155. The lowest BCUT2D eigenvalue weighted by Gasteiger charge is -2.54. The molecule has 11 rings (SSSR count). The first kappa shape index (κ1) is 50.2. The molecule has 0 bridgehead atoms. The van der Waals surface area contributed by atoms with Gasteiger partial charge in [0.05, 0.1) is 6.04 Å². The van der Waals surface area contributed by atoms with Crippen LogP contribution in [0.15, 0.2) is 192 Å². The average molecular weight is 986 g/mol. The van der Waals surface area contributed by atoms with Gasteiger partial charge in [0.25, 0.3) is 0 Å². The van der Waals surface area contributed by atoms with Gasteiger partial charge in [0.2, 0.25) is 6.71 Å². The molecule has 5 heteroatoms. The van der Waals surface area contributed by atoms with Crippen molar-refractivity contribution in [1.82, 2.24) is 0 Å². The molecule has 0 saturated heterocycles. The smallest absolute Gasteiger partial charge is 0.226 e. The van der Waals surface area contributed by atoms with Crippen molar-refractivity contribution in [3.8, 4) is 11.3 Å². The lowest BCUT2D eigenvalue weighted by Crippen LogP contribution is -2.64. The molecule has 3 aliphatic rings. The zero-order chi connectivity index (χ0) is 53.1. The minimum atomic E-state index is -0.0764. The van der Waals surface area contributed by atoms with E-state index in [1.165, 1.54) is 67.2 Å². The monoisotopic (exact) mass is 986 g/mol. The van der Waals surface area contributed by atoms with Gasteiger partial charge in [-0.2, -0.15) is 0 Å². The molecule has 8 aromatic rings. The number of rotatable bonds is 6. The zero-order valence-electron chi connectivity index (χ0n) is 47.2. The Morgan fingerprint density at radius 3 is 1.43 bits per heavy atom. The van der Waals surface area contributed by atoms with Gasteiger partial charge >= 0.3 is 0 Å². The number of nitrogens with zero attached hydrogens (tertiary/aromatic N) is 3. The van der Waals surface area contributed by atoms with Crippen molar-refractivity contribution in [3.05, 3.63) is 215 Å². The summed E-state index contributed by atoms with van der Waals surface area (Å²) in [5.41, 5.74) is 20.8. The van der Waals surface area contributed by atoms with Crippen LogP contribution in [0.5, 0.6) is 0 Å². The molecule has 1 aliphatic carbocycles. The van der Waals surface area contributed by atoms with Crippen LogP contribution in [0.4, 0.5) is 34.1 Å². The first-order valence-electron chi connectivity index (χ1n) is 27.4. The summed E-state index contributed by atoms with van der Waals surface area (Å²) in [6.07, 6.45) is 5.14. The molecule has 0 N–H and O–H groups in total. The second kappa shape index (κ2) is 17.8. The highest BCUT2D eigenvalue weighted by atomic mass is 16.3. The third-order valence-corrected chi connectivity index (χ3v) is 16.3. The van der Waals surface area contributed by atoms with Gasteiger partial charge < -0.3 is 19.1 Å². The van der Waals surface area contributed by atoms with Gasteiger partial charge in [-0.05, 0) is 163 Å². The van der Waals surface area contributed by atoms with Gasteiger partial charge in [-0.25, -0.2) is 0 Å². The Morgan fingerprint density at radius 2 is 0.907 bits per heavy atom. The van der Waals surface area contributed by atoms with Crippen molar-refractivity contribution >= 4 is 62.7 Å². The van der Waals surface area contributed by atoms with Crippen LogP contribution in [0, 0.1) is 0 Å².